The van der Waals surface area contributed by atoms with Gasteiger partial charge in [0.25, 0.3) is 5.91 Å². The lowest BCUT2D eigenvalue weighted by atomic mass is 9.81. The maximum Gasteiger partial charge on any atom is 0.271 e. The minimum absolute atomic E-state index is 0.0803. The lowest BCUT2D eigenvalue weighted by Gasteiger charge is -2.29. The van der Waals surface area contributed by atoms with Crippen molar-refractivity contribution in [3.8, 4) is 0 Å². The monoisotopic (exact) mass is 298 g/mol. The summed E-state index contributed by atoms with van der Waals surface area (Å²) in [4.78, 5) is 16.0. The molecule has 0 radical (unpaired) electrons. The highest BCUT2D eigenvalue weighted by molar-refractivity contribution is 9.10. The van der Waals surface area contributed by atoms with E-state index in [1.807, 2.05) is 6.07 Å². The smallest absolute Gasteiger partial charge is 0.271 e. The van der Waals surface area contributed by atoms with Crippen molar-refractivity contribution in [1.82, 2.24) is 10.3 Å². The number of hydrogen-bond donors (Lipinski definition) is 1. The normalized spacial score (nSPS) is 11.6. The number of carbonyl (C=O) groups excluding carboxylic acids is 1. The van der Waals surface area contributed by atoms with E-state index in [1.54, 1.807) is 12.3 Å². The predicted molar refractivity (Wildman–Crippen MR) is 72.9 cm³/mol. The second-order valence-corrected chi connectivity index (χ2v) is 6.01. The molecule has 1 rings (SSSR count). The van der Waals surface area contributed by atoms with Crippen LogP contribution in [0.25, 0.3) is 0 Å². The molecular weight excluding hydrogens is 280 g/mol. The van der Waals surface area contributed by atoms with E-state index in [0.717, 1.165) is 4.47 Å². The Morgan fingerprint density at radius 1 is 1.53 bits per heavy atom. The first-order valence-electron chi connectivity index (χ1n) is 5.73. The van der Waals surface area contributed by atoms with E-state index in [9.17, 15) is 4.79 Å². The number of pyridine rings is 1. The van der Waals surface area contributed by atoms with Gasteiger partial charge in [0.15, 0.2) is 0 Å². The van der Waals surface area contributed by atoms with E-state index in [0.29, 0.717) is 18.2 Å². The molecule has 0 aromatic carbocycles. The highest BCUT2D eigenvalue weighted by Crippen LogP contribution is 2.24. The third kappa shape index (κ3) is 3.80. The Morgan fingerprint density at radius 3 is 2.71 bits per heavy atom. The summed E-state index contributed by atoms with van der Waals surface area (Å²) in [7, 11) is 0. The summed E-state index contributed by atoms with van der Waals surface area (Å²) in [5, 5.41) is 2.93. The van der Waals surface area contributed by atoms with Crippen LogP contribution in [0.5, 0.6) is 0 Å². The van der Waals surface area contributed by atoms with Crippen molar-refractivity contribution in [2.75, 3.05) is 6.54 Å². The average Bonchev–Trinajstić information content (AvgIpc) is 2.26. The van der Waals surface area contributed by atoms with Gasteiger partial charge in [-0.2, -0.15) is 0 Å². The molecule has 1 amide bonds. The minimum Gasteiger partial charge on any atom is -0.350 e. The fourth-order valence-electron chi connectivity index (χ4n) is 1.15. The van der Waals surface area contributed by atoms with Crippen LogP contribution in [0.3, 0.4) is 0 Å². The zero-order chi connectivity index (χ0) is 13.1. The number of amides is 1. The molecule has 0 fully saturated rings. The van der Waals surface area contributed by atoms with E-state index in [4.69, 9.17) is 0 Å². The topological polar surface area (TPSA) is 42.0 Å². The molecule has 0 spiro atoms. The lowest BCUT2D eigenvalue weighted by Crippen LogP contribution is -2.37. The van der Waals surface area contributed by atoms with Crippen LogP contribution in [-0.2, 0) is 0 Å². The molecule has 0 unspecified atom stereocenters. The number of aromatic nitrogens is 1. The van der Waals surface area contributed by atoms with Crippen molar-refractivity contribution in [3.05, 3.63) is 28.5 Å². The number of halogens is 1. The lowest BCUT2D eigenvalue weighted by molar-refractivity contribution is 0.0919. The largest absolute Gasteiger partial charge is 0.350 e. The second kappa shape index (κ2) is 5.63. The quantitative estimate of drug-likeness (QED) is 0.927. The molecule has 0 aliphatic carbocycles. The standard InChI is InChI=1S/C13H19BrN2O/c1-9(2)13(3,4)8-16-12(17)11-10(14)6-5-7-15-11/h5-7,9H,8H2,1-4H3,(H,16,17). The van der Waals surface area contributed by atoms with Gasteiger partial charge in [0.05, 0.1) is 0 Å². The fourth-order valence-corrected chi connectivity index (χ4v) is 1.58. The van der Waals surface area contributed by atoms with Gasteiger partial charge in [-0.15, -0.1) is 0 Å². The van der Waals surface area contributed by atoms with Crippen molar-refractivity contribution in [1.29, 1.82) is 0 Å². The molecule has 0 aliphatic rings. The summed E-state index contributed by atoms with van der Waals surface area (Å²) in [6.07, 6.45) is 1.62. The summed E-state index contributed by atoms with van der Waals surface area (Å²) in [6.45, 7) is 9.25. The van der Waals surface area contributed by atoms with E-state index < -0.39 is 0 Å². The van der Waals surface area contributed by atoms with Gasteiger partial charge in [0.1, 0.15) is 5.69 Å². The highest BCUT2D eigenvalue weighted by atomic mass is 79.9. The van der Waals surface area contributed by atoms with Crippen LogP contribution in [0.4, 0.5) is 0 Å². The van der Waals surface area contributed by atoms with Crippen molar-refractivity contribution in [2.45, 2.75) is 27.7 Å². The van der Waals surface area contributed by atoms with Gasteiger partial charge in [0, 0.05) is 17.2 Å². The summed E-state index contributed by atoms with van der Waals surface area (Å²) < 4.78 is 0.722. The first-order chi connectivity index (χ1) is 7.84. The van der Waals surface area contributed by atoms with E-state index in [-0.39, 0.29) is 11.3 Å². The summed E-state index contributed by atoms with van der Waals surface area (Å²) in [5.41, 5.74) is 0.517. The Morgan fingerprint density at radius 2 is 2.18 bits per heavy atom. The molecule has 0 aliphatic heterocycles. The maximum absolute atomic E-state index is 11.9. The Kier molecular flexibility index (Phi) is 4.69. The van der Waals surface area contributed by atoms with Gasteiger partial charge < -0.3 is 5.32 Å². The SMILES string of the molecule is CC(C)C(C)(C)CNC(=O)c1ncccc1Br. The van der Waals surface area contributed by atoms with Crippen LogP contribution in [0, 0.1) is 11.3 Å². The summed E-state index contributed by atoms with van der Waals surface area (Å²) in [6, 6.07) is 3.61. The first-order valence-corrected chi connectivity index (χ1v) is 6.52. The van der Waals surface area contributed by atoms with Gasteiger partial charge >= 0.3 is 0 Å². The first kappa shape index (κ1) is 14.2. The van der Waals surface area contributed by atoms with Crippen molar-refractivity contribution in [2.24, 2.45) is 11.3 Å². The molecule has 0 bridgehead atoms. The van der Waals surface area contributed by atoms with Crippen LogP contribution in [-0.4, -0.2) is 17.4 Å². The molecule has 4 heteroatoms. The molecule has 0 saturated carbocycles. The Labute approximate surface area is 111 Å². The zero-order valence-electron chi connectivity index (χ0n) is 10.7. The van der Waals surface area contributed by atoms with Crippen molar-refractivity contribution in [3.63, 3.8) is 0 Å². The van der Waals surface area contributed by atoms with Crippen LogP contribution < -0.4 is 5.32 Å². The number of rotatable bonds is 4. The number of hydrogen-bond acceptors (Lipinski definition) is 2. The molecule has 1 heterocycles. The Bertz CT molecular complexity index is 402. The van der Waals surface area contributed by atoms with Crippen LogP contribution >= 0.6 is 15.9 Å². The third-order valence-electron chi connectivity index (χ3n) is 3.24. The van der Waals surface area contributed by atoms with Crippen LogP contribution in [0.2, 0.25) is 0 Å². The van der Waals surface area contributed by atoms with Crippen LogP contribution in [0.1, 0.15) is 38.2 Å². The summed E-state index contributed by atoms with van der Waals surface area (Å²) in [5.74, 6) is 0.376. The van der Waals surface area contributed by atoms with Gasteiger partial charge in [-0.1, -0.05) is 27.7 Å². The second-order valence-electron chi connectivity index (χ2n) is 5.16. The Balaban J connectivity index is 2.66. The molecule has 1 N–H and O–H groups in total. The number of nitrogens with one attached hydrogen (secondary N) is 1. The van der Waals surface area contributed by atoms with Gasteiger partial charge in [-0.05, 0) is 39.4 Å². The van der Waals surface area contributed by atoms with E-state index in [1.165, 1.54) is 0 Å². The Hall–Kier alpha value is -0.900. The van der Waals surface area contributed by atoms with Gasteiger partial charge in [-0.25, -0.2) is 4.98 Å². The van der Waals surface area contributed by atoms with Crippen LogP contribution in [0.15, 0.2) is 22.8 Å². The average molecular weight is 299 g/mol. The highest BCUT2D eigenvalue weighted by Gasteiger charge is 2.23. The van der Waals surface area contributed by atoms with Gasteiger partial charge in [0.2, 0.25) is 0 Å². The molecule has 1 aromatic rings. The molecule has 3 nitrogen and oxygen atoms in total. The molecule has 0 saturated heterocycles. The molecule has 94 valence electrons. The number of nitrogens with zero attached hydrogens (tertiary/aromatic N) is 1. The van der Waals surface area contributed by atoms with E-state index in [2.05, 4.69) is 53.9 Å². The maximum atomic E-state index is 11.9. The van der Waals surface area contributed by atoms with Gasteiger partial charge in [-0.3, -0.25) is 4.79 Å². The zero-order valence-corrected chi connectivity index (χ0v) is 12.3. The molecule has 17 heavy (non-hydrogen) atoms. The molecular formula is C13H19BrN2O. The summed E-state index contributed by atoms with van der Waals surface area (Å²) >= 11 is 3.32. The molecule has 1 aromatic heterocycles. The van der Waals surface area contributed by atoms with Crippen molar-refractivity contribution < 1.29 is 4.79 Å². The predicted octanol–water partition coefficient (Wildman–Crippen LogP) is 3.26. The minimum atomic E-state index is -0.133. The number of carbonyl (C=O) groups is 1. The van der Waals surface area contributed by atoms with Crippen molar-refractivity contribution >= 4 is 21.8 Å². The van der Waals surface area contributed by atoms with E-state index >= 15 is 0 Å². The fraction of sp³-hybridized carbons (Fsp3) is 0.538. The molecule has 0 atom stereocenters. The third-order valence-corrected chi connectivity index (χ3v) is 3.88.